The van der Waals surface area contributed by atoms with E-state index in [-0.39, 0.29) is 11.7 Å². The van der Waals surface area contributed by atoms with Crippen molar-refractivity contribution < 1.29 is 22.4 Å². The Morgan fingerprint density at radius 3 is 2.64 bits per heavy atom. The molecule has 0 radical (unpaired) electrons. The van der Waals surface area contributed by atoms with Crippen molar-refractivity contribution in [1.29, 1.82) is 0 Å². The molecule has 0 unspecified atom stereocenters. The average molecular weight is 315 g/mol. The number of benzene rings is 1. The van der Waals surface area contributed by atoms with Crippen molar-refractivity contribution in [1.82, 2.24) is 10.1 Å². The zero-order chi connectivity index (χ0) is 16.3. The second-order valence-electron chi connectivity index (χ2n) is 5.14. The Kier molecular flexibility index (Phi) is 4.58. The van der Waals surface area contributed by atoms with Crippen LogP contribution >= 0.6 is 0 Å². The van der Waals surface area contributed by atoms with E-state index in [1.54, 1.807) is 18.0 Å². The van der Waals surface area contributed by atoms with Crippen molar-refractivity contribution in [3.8, 4) is 5.75 Å². The standard InChI is InChI=1S/C14H16F3N3O2/c1-9(2)12-18-13(22-19-12)20(3)8-10-5-4-6-11(7-10)21-14(15,16)17/h4-7,9H,8H2,1-3H3. The van der Waals surface area contributed by atoms with Gasteiger partial charge in [-0.15, -0.1) is 13.2 Å². The van der Waals surface area contributed by atoms with Gasteiger partial charge in [0, 0.05) is 19.5 Å². The molecule has 0 spiro atoms. The molecule has 0 N–H and O–H groups in total. The number of hydrogen-bond donors (Lipinski definition) is 0. The van der Waals surface area contributed by atoms with Crippen LogP contribution in [-0.2, 0) is 6.54 Å². The van der Waals surface area contributed by atoms with Gasteiger partial charge in [-0.2, -0.15) is 4.98 Å². The van der Waals surface area contributed by atoms with Crippen LogP contribution in [0.25, 0.3) is 0 Å². The summed E-state index contributed by atoms with van der Waals surface area (Å²) < 4.78 is 45.7. The maximum atomic E-state index is 12.2. The molecule has 0 aliphatic carbocycles. The Hall–Kier alpha value is -2.25. The number of halogens is 3. The monoisotopic (exact) mass is 315 g/mol. The third kappa shape index (κ3) is 4.37. The van der Waals surface area contributed by atoms with Crippen molar-refractivity contribution in [2.75, 3.05) is 11.9 Å². The zero-order valence-electron chi connectivity index (χ0n) is 12.4. The number of aromatic nitrogens is 2. The van der Waals surface area contributed by atoms with Crippen molar-refractivity contribution in [2.45, 2.75) is 32.7 Å². The summed E-state index contributed by atoms with van der Waals surface area (Å²) in [6, 6.07) is 6.08. The fourth-order valence-electron chi connectivity index (χ4n) is 1.80. The highest BCUT2D eigenvalue weighted by atomic mass is 19.4. The average Bonchev–Trinajstić information content (AvgIpc) is 2.86. The van der Waals surface area contributed by atoms with E-state index in [9.17, 15) is 13.2 Å². The first-order valence-electron chi connectivity index (χ1n) is 6.64. The molecule has 8 heteroatoms. The molecule has 0 saturated heterocycles. The number of rotatable bonds is 5. The van der Waals surface area contributed by atoms with Gasteiger partial charge in [0.15, 0.2) is 5.82 Å². The van der Waals surface area contributed by atoms with Gasteiger partial charge in [-0.3, -0.25) is 0 Å². The molecule has 0 amide bonds. The maximum absolute atomic E-state index is 12.2. The third-order valence-corrected chi connectivity index (χ3v) is 2.83. The lowest BCUT2D eigenvalue weighted by Crippen LogP contribution is -2.18. The second kappa shape index (κ2) is 6.25. The van der Waals surface area contributed by atoms with Gasteiger partial charge in [0.1, 0.15) is 5.75 Å². The molecular formula is C14H16F3N3O2. The Morgan fingerprint density at radius 1 is 1.32 bits per heavy atom. The lowest BCUT2D eigenvalue weighted by atomic mass is 10.2. The Balaban J connectivity index is 2.07. The summed E-state index contributed by atoms with van der Waals surface area (Å²) in [5.74, 6) is 0.456. The van der Waals surface area contributed by atoms with Gasteiger partial charge in [-0.25, -0.2) is 0 Å². The molecule has 0 saturated carbocycles. The molecule has 2 aromatic rings. The van der Waals surface area contributed by atoms with Crippen LogP contribution in [0.5, 0.6) is 5.75 Å². The summed E-state index contributed by atoms with van der Waals surface area (Å²) in [6.07, 6.45) is -4.71. The predicted octanol–water partition coefficient (Wildman–Crippen LogP) is 3.73. The van der Waals surface area contributed by atoms with E-state index in [1.165, 1.54) is 18.2 Å². The molecule has 120 valence electrons. The van der Waals surface area contributed by atoms with Gasteiger partial charge < -0.3 is 14.2 Å². The highest BCUT2D eigenvalue weighted by molar-refractivity contribution is 5.33. The normalized spacial score (nSPS) is 11.8. The van der Waals surface area contributed by atoms with Gasteiger partial charge in [0.2, 0.25) is 0 Å². The van der Waals surface area contributed by atoms with Crippen LogP contribution < -0.4 is 9.64 Å². The number of anilines is 1. The fourth-order valence-corrected chi connectivity index (χ4v) is 1.80. The van der Waals surface area contributed by atoms with Gasteiger partial charge >= 0.3 is 12.4 Å². The van der Waals surface area contributed by atoms with Crippen LogP contribution in [0.4, 0.5) is 19.2 Å². The van der Waals surface area contributed by atoms with Gasteiger partial charge in [0.25, 0.3) is 0 Å². The molecule has 1 aromatic carbocycles. The predicted molar refractivity (Wildman–Crippen MR) is 73.6 cm³/mol. The molecule has 22 heavy (non-hydrogen) atoms. The molecule has 2 rings (SSSR count). The van der Waals surface area contributed by atoms with E-state index in [2.05, 4.69) is 14.9 Å². The fraction of sp³-hybridized carbons (Fsp3) is 0.429. The molecule has 1 aromatic heterocycles. The number of alkyl halides is 3. The maximum Gasteiger partial charge on any atom is 0.573 e. The van der Waals surface area contributed by atoms with Crippen LogP contribution in [0.2, 0.25) is 0 Å². The Bertz CT molecular complexity index is 626. The third-order valence-electron chi connectivity index (χ3n) is 2.83. The van der Waals surface area contributed by atoms with Crippen molar-refractivity contribution in [3.63, 3.8) is 0 Å². The topological polar surface area (TPSA) is 51.4 Å². The minimum Gasteiger partial charge on any atom is -0.406 e. The first-order chi connectivity index (χ1) is 10.2. The highest BCUT2D eigenvalue weighted by Gasteiger charge is 2.31. The van der Waals surface area contributed by atoms with E-state index >= 15 is 0 Å². The lowest BCUT2D eigenvalue weighted by molar-refractivity contribution is -0.274. The van der Waals surface area contributed by atoms with E-state index in [1.807, 2.05) is 13.8 Å². The van der Waals surface area contributed by atoms with E-state index in [0.717, 1.165) is 0 Å². The number of hydrogen-bond acceptors (Lipinski definition) is 5. The molecule has 0 atom stereocenters. The molecule has 0 fully saturated rings. The minimum atomic E-state index is -4.71. The molecule has 0 bridgehead atoms. The van der Waals surface area contributed by atoms with E-state index < -0.39 is 6.36 Å². The summed E-state index contributed by atoms with van der Waals surface area (Å²) in [7, 11) is 1.72. The molecule has 5 nitrogen and oxygen atoms in total. The minimum absolute atomic E-state index is 0.134. The summed E-state index contributed by atoms with van der Waals surface area (Å²) in [5, 5.41) is 3.84. The summed E-state index contributed by atoms with van der Waals surface area (Å²) >= 11 is 0. The lowest BCUT2D eigenvalue weighted by Gasteiger charge is -2.15. The van der Waals surface area contributed by atoms with Crippen LogP contribution in [0.1, 0.15) is 31.2 Å². The molecular weight excluding hydrogens is 299 g/mol. The Labute approximate surface area is 125 Å². The van der Waals surface area contributed by atoms with Gasteiger partial charge in [0.05, 0.1) is 0 Å². The van der Waals surface area contributed by atoms with Crippen molar-refractivity contribution in [2.24, 2.45) is 0 Å². The quantitative estimate of drug-likeness (QED) is 0.841. The molecule has 0 aliphatic rings. The molecule has 1 heterocycles. The SMILES string of the molecule is CC(C)c1noc(N(C)Cc2cccc(OC(F)(F)F)c2)n1. The first kappa shape index (κ1) is 16.1. The van der Waals surface area contributed by atoms with Crippen LogP contribution in [0.3, 0.4) is 0 Å². The van der Waals surface area contributed by atoms with E-state index in [0.29, 0.717) is 23.9 Å². The number of nitrogens with zero attached hydrogens (tertiary/aromatic N) is 3. The van der Waals surface area contributed by atoms with Gasteiger partial charge in [-0.05, 0) is 17.7 Å². The first-order valence-corrected chi connectivity index (χ1v) is 6.64. The summed E-state index contributed by atoms with van der Waals surface area (Å²) in [6.45, 7) is 4.19. The second-order valence-corrected chi connectivity index (χ2v) is 5.14. The van der Waals surface area contributed by atoms with Gasteiger partial charge in [-0.1, -0.05) is 31.1 Å². The Morgan fingerprint density at radius 2 is 2.05 bits per heavy atom. The smallest absolute Gasteiger partial charge is 0.406 e. The highest BCUT2D eigenvalue weighted by Crippen LogP contribution is 2.24. The van der Waals surface area contributed by atoms with E-state index in [4.69, 9.17) is 4.52 Å². The summed E-state index contributed by atoms with van der Waals surface area (Å²) in [5.41, 5.74) is 0.633. The van der Waals surface area contributed by atoms with Crippen molar-refractivity contribution in [3.05, 3.63) is 35.7 Å². The summed E-state index contributed by atoms with van der Waals surface area (Å²) in [4.78, 5) is 5.88. The van der Waals surface area contributed by atoms with Crippen LogP contribution in [0, 0.1) is 0 Å². The number of ether oxygens (including phenoxy) is 1. The van der Waals surface area contributed by atoms with Crippen LogP contribution in [-0.4, -0.2) is 23.6 Å². The molecule has 0 aliphatic heterocycles. The van der Waals surface area contributed by atoms with Crippen molar-refractivity contribution >= 4 is 6.01 Å². The zero-order valence-corrected chi connectivity index (χ0v) is 12.4. The largest absolute Gasteiger partial charge is 0.573 e. The van der Waals surface area contributed by atoms with Crippen LogP contribution in [0.15, 0.2) is 28.8 Å².